The number of carbonyl (C=O) groups excluding carboxylic acids is 1. The van der Waals surface area contributed by atoms with Crippen LogP contribution in [-0.4, -0.2) is 17.7 Å². The van der Waals surface area contributed by atoms with E-state index in [1.54, 1.807) is 6.92 Å². The zero-order valence-corrected chi connectivity index (χ0v) is 7.97. The fourth-order valence-electron chi connectivity index (χ4n) is 1.22. The smallest absolute Gasteiger partial charge is 0.338 e. The molecule has 6 nitrogen and oxygen atoms in total. The van der Waals surface area contributed by atoms with Gasteiger partial charge in [-0.05, 0) is 24.0 Å². The van der Waals surface area contributed by atoms with E-state index in [0.29, 0.717) is 17.7 Å². The van der Waals surface area contributed by atoms with Gasteiger partial charge >= 0.3 is 5.97 Å². The highest BCUT2D eigenvalue weighted by molar-refractivity contribution is 5.92. The number of esters is 1. The average Bonchev–Trinajstić information content (AvgIpc) is 2.60. The first-order valence-electron chi connectivity index (χ1n) is 4.39. The molecule has 1 aromatic carbocycles. The number of fused-ring (bicyclic) bond motifs is 1. The fourth-order valence-corrected chi connectivity index (χ4v) is 1.22. The molecular weight excluding hydrogens is 200 g/mol. The molecule has 15 heavy (non-hydrogen) atoms. The monoisotopic (exact) mass is 208 g/mol. The van der Waals surface area contributed by atoms with Gasteiger partial charge in [0.15, 0.2) is 0 Å². The number of benzene rings is 1. The van der Waals surface area contributed by atoms with E-state index in [1.807, 2.05) is 0 Å². The van der Waals surface area contributed by atoms with Crippen molar-refractivity contribution >= 4 is 17.0 Å². The number of rotatable bonds is 2. The van der Waals surface area contributed by atoms with Crippen LogP contribution >= 0.6 is 0 Å². The van der Waals surface area contributed by atoms with Gasteiger partial charge in [0.25, 0.3) is 0 Å². The molecule has 0 N–H and O–H groups in total. The Kier molecular flexibility index (Phi) is 2.24. The summed E-state index contributed by atoms with van der Waals surface area (Å²) in [6.45, 7) is 2.02. The van der Waals surface area contributed by atoms with Crippen LogP contribution in [0, 0.1) is 5.21 Å². The maximum absolute atomic E-state index is 11.3. The van der Waals surface area contributed by atoms with E-state index in [4.69, 9.17) is 4.74 Å². The Morgan fingerprint density at radius 3 is 3.20 bits per heavy atom. The van der Waals surface area contributed by atoms with Crippen LogP contribution in [0.3, 0.4) is 0 Å². The second-order valence-corrected chi connectivity index (χ2v) is 2.85. The Hall–Kier alpha value is -2.11. The number of carbonyl (C=O) groups is 1. The van der Waals surface area contributed by atoms with E-state index < -0.39 is 5.97 Å². The van der Waals surface area contributed by atoms with E-state index >= 15 is 0 Å². The highest BCUT2D eigenvalue weighted by atomic mass is 16.8. The number of aromatic nitrogens is 2. The third-order valence-electron chi connectivity index (χ3n) is 1.90. The van der Waals surface area contributed by atoms with Gasteiger partial charge in [-0.2, -0.15) is 0 Å². The van der Waals surface area contributed by atoms with Crippen LogP contribution < -0.4 is 4.90 Å². The molecule has 0 fully saturated rings. The van der Waals surface area contributed by atoms with Crippen molar-refractivity contribution < 1.29 is 19.1 Å². The normalized spacial score (nSPS) is 10.5. The molecular formula is C9H8N2O4. The van der Waals surface area contributed by atoms with Gasteiger partial charge in [0.2, 0.25) is 11.0 Å². The Morgan fingerprint density at radius 2 is 2.47 bits per heavy atom. The SMILES string of the molecule is CCOC(=O)c1ccc2c(c1)no[n+]2[O-]. The van der Waals surface area contributed by atoms with E-state index in [9.17, 15) is 10.0 Å². The first-order valence-corrected chi connectivity index (χ1v) is 4.39. The predicted molar refractivity (Wildman–Crippen MR) is 48.9 cm³/mol. The summed E-state index contributed by atoms with van der Waals surface area (Å²) >= 11 is 0. The highest BCUT2D eigenvalue weighted by Crippen LogP contribution is 2.11. The van der Waals surface area contributed by atoms with Gasteiger partial charge in [-0.15, -0.1) is 0 Å². The van der Waals surface area contributed by atoms with Crippen molar-refractivity contribution in [1.82, 2.24) is 5.16 Å². The van der Waals surface area contributed by atoms with E-state index in [0.717, 1.165) is 0 Å². The molecule has 78 valence electrons. The molecule has 2 aromatic rings. The van der Waals surface area contributed by atoms with Crippen molar-refractivity contribution in [2.45, 2.75) is 6.92 Å². The number of ether oxygens (including phenoxy) is 1. The molecule has 1 heterocycles. The molecule has 0 amide bonds. The second-order valence-electron chi connectivity index (χ2n) is 2.85. The quantitative estimate of drug-likeness (QED) is 0.534. The summed E-state index contributed by atoms with van der Waals surface area (Å²) < 4.78 is 9.17. The van der Waals surface area contributed by atoms with Gasteiger partial charge in [0.05, 0.1) is 12.2 Å². The fraction of sp³-hybridized carbons (Fsp3) is 0.222. The molecule has 0 radical (unpaired) electrons. The molecule has 2 rings (SSSR count). The molecule has 0 saturated carbocycles. The lowest BCUT2D eigenvalue weighted by molar-refractivity contribution is -0.782. The minimum Gasteiger partial charge on any atom is -0.462 e. The summed E-state index contributed by atoms with van der Waals surface area (Å²) in [5, 5.41) is 14.4. The van der Waals surface area contributed by atoms with Crippen LogP contribution in [-0.2, 0) is 4.74 Å². The molecule has 0 bridgehead atoms. The first-order chi connectivity index (χ1) is 7.22. The Bertz CT molecular complexity index is 506. The third-order valence-corrected chi connectivity index (χ3v) is 1.90. The lowest BCUT2D eigenvalue weighted by Gasteiger charge is -1.99. The topological polar surface area (TPSA) is 79.3 Å². The first kappa shape index (κ1) is 9.45. The number of hydrogen-bond acceptors (Lipinski definition) is 5. The predicted octanol–water partition coefficient (Wildman–Crippen LogP) is 0.638. The van der Waals surface area contributed by atoms with E-state index in [2.05, 4.69) is 9.79 Å². The molecule has 0 spiro atoms. The van der Waals surface area contributed by atoms with Crippen molar-refractivity contribution in [2.75, 3.05) is 6.61 Å². The summed E-state index contributed by atoms with van der Waals surface area (Å²) in [6.07, 6.45) is 0. The summed E-state index contributed by atoms with van der Waals surface area (Å²) in [5.41, 5.74) is 0.955. The highest BCUT2D eigenvalue weighted by Gasteiger charge is 2.13. The van der Waals surface area contributed by atoms with Gasteiger partial charge in [0.1, 0.15) is 0 Å². The van der Waals surface area contributed by atoms with Crippen LogP contribution in [0.15, 0.2) is 22.8 Å². The molecule has 0 aliphatic rings. The average molecular weight is 208 g/mol. The van der Waals surface area contributed by atoms with Crippen LogP contribution in [0.4, 0.5) is 0 Å². The van der Waals surface area contributed by atoms with Gasteiger partial charge in [-0.1, -0.05) is 0 Å². The molecule has 0 aliphatic carbocycles. The number of hydrogen-bond donors (Lipinski definition) is 0. The number of nitrogens with zero attached hydrogens (tertiary/aromatic N) is 2. The lowest BCUT2D eigenvalue weighted by atomic mass is 10.2. The Balaban J connectivity index is 2.43. The third kappa shape index (κ3) is 1.61. The molecule has 0 saturated heterocycles. The Labute approximate surface area is 84.6 Å². The standard InChI is InChI=1S/C9H8N2O4/c1-2-14-9(12)6-3-4-8-7(5-6)10-15-11(8)13/h3-5H,2H2,1H3. The van der Waals surface area contributed by atoms with Gasteiger partial charge in [-0.25, -0.2) is 4.79 Å². The molecule has 0 unspecified atom stereocenters. The maximum Gasteiger partial charge on any atom is 0.338 e. The van der Waals surface area contributed by atoms with Crippen LogP contribution in [0.25, 0.3) is 11.0 Å². The minimum absolute atomic E-state index is 0.281. The molecule has 0 aliphatic heterocycles. The van der Waals surface area contributed by atoms with Crippen molar-refractivity contribution in [1.29, 1.82) is 0 Å². The van der Waals surface area contributed by atoms with Gasteiger partial charge in [0, 0.05) is 11.2 Å². The zero-order valence-electron chi connectivity index (χ0n) is 7.97. The molecule has 6 heteroatoms. The second kappa shape index (κ2) is 3.56. The van der Waals surface area contributed by atoms with Crippen molar-refractivity contribution in [2.24, 2.45) is 0 Å². The molecule has 1 aromatic heterocycles. The summed E-state index contributed by atoms with van der Waals surface area (Å²) in [7, 11) is 0. The van der Waals surface area contributed by atoms with E-state index in [1.165, 1.54) is 18.2 Å². The molecule has 0 atom stereocenters. The lowest BCUT2D eigenvalue weighted by Crippen LogP contribution is -2.22. The maximum atomic E-state index is 11.3. The van der Waals surface area contributed by atoms with E-state index in [-0.39, 0.29) is 10.4 Å². The van der Waals surface area contributed by atoms with Crippen LogP contribution in [0.2, 0.25) is 0 Å². The van der Waals surface area contributed by atoms with Crippen molar-refractivity contribution in [3.05, 3.63) is 29.0 Å². The van der Waals surface area contributed by atoms with Crippen molar-refractivity contribution in [3.63, 3.8) is 0 Å². The summed E-state index contributed by atoms with van der Waals surface area (Å²) in [4.78, 5) is 11.6. The zero-order chi connectivity index (χ0) is 10.8. The summed E-state index contributed by atoms with van der Waals surface area (Å²) in [6, 6.07) is 4.40. The van der Waals surface area contributed by atoms with Gasteiger partial charge in [-0.3, -0.25) is 4.63 Å². The van der Waals surface area contributed by atoms with Crippen LogP contribution in [0.1, 0.15) is 17.3 Å². The van der Waals surface area contributed by atoms with Crippen molar-refractivity contribution in [3.8, 4) is 0 Å². The summed E-state index contributed by atoms with van der Waals surface area (Å²) in [5.74, 6) is -0.445. The van der Waals surface area contributed by atoms with Crippen LogP contribution in [0.5, 0.6) is 0 Å². The van der Waals surface area contributed by atoms with Gasteiger partial charge < -0.3 is 9.94 Å². The Morgan fingerprint density at radius 1 is 1.67 bits per heavy atom. The minimum atomic E-state index is -0.445. The largest absolute Gasteiger partial charge is 0.462 e.